The molecule has 0 aliphatic heterocycles. The molecule has 25 heavy (non-hydrogen) atoms. The predicted octanol–water partition coefficient (Wildman–Crippen LogP) is 5.06. The minimum atomic E-state index is 0.0323. The quantitative estimate of drug-likeness (QED) is 0.627. The van der Waals surface area contributed by atoms with Gasteiger partial charge in [-0.2, -0.15) is 0 Å². The van der Waals surface area contributed by atoms with E-state index in [2.05, 4.69) is 33.4 Å². The summed E-state index contributed by atoms with van der Waals surface area (Å²) in [6.45, 7) is 12.9. The van der Waals surface area contributed by atoms with Gasteiger partial charge in [0.05, 0.1) is 0 Å². The molecule has 0 N–H and O–H groups in total. The van der Waals surface area contributed by atoms with Crippen LogP contribution < -0.4 is 0 Å². The minimum Gasteiger partial charge on any atom is -0.299 e. The summed E-state index contributed by atoms with van der Waals surface area (Å²) in [4.78, 5) is 24.4. The minimum absolute atomic E-state index is 0.0323. The molecule has 0 aromatic heterocycles. The average molecular weight is 338 g/mol. The van der Waals surface area contributed by atoms with Gasteiger partial charge >= 0.3 is 0 Å². The van der Waals surface area contributed by atoms with E-state index in [-0.39, 0.29) is 22.5 Å². The van der Waals surface area contributed by atoms with Crippen LogP contribution in [0.25, 0.3) is 0 Å². The van der Waals surface area contributed by atoms with E-state index in [0.29, 0.717) is 30.0 Å². The molecule has 0 aromatic rings. The Kier molecular flexibility index (Phi) is 3.59. The molecule has 0 radical (unpaired) electrons. The number of allylic oxidation sites excluding steroid dienone is 5. The first-order valence-electron chi connectivity index (χ1n) is 9.80. The molecule has 0 amide bonds. The van der Waals surface area contributed by atoms with Crippen LogP contribution in [-0.2, 0) is 9.59 Å². The Morgan fingerprint density at radius 2 is 1.96 bits per heavy atom. The van der Waals surface area contributed by atoms with E-state index in [1.54, 1.807) is 6.92 Å². The van der Waals surface area contributed by atoms with Gasteiger partial charge in [0, 0.05) is 12.3 Å². The zero-order valence-electron chi connectivity index (χ0n) is 16.0. The van der Waals surface area contributed by atoms with Gasteiger partial charge in [0.1, 0.15) is 5.78 Å². The highest BCUT2D eigenvalue weighted by Crippen LogP contribution is 2.66. The fourth-order valence-electron chi connectivity index (χ4n) is 7.13. The zero-order valence-corrected chi connectivity index (χ0v) is 16.0. The van der Waals surface area contributed by atoms with Crippen molar-refractivity contribution in [3.63, 3.8) is 0 Å². The number of fused-ring (bicyclic) bond motifs is 5. The van der Waals surface area contributed by atoms with E-state index in [9.17, 15) is 9.59 Å². The van der Waals surface area contributed by atoms with Crippen molar-refractivity contribution in [1.82, 2.24) is 0 Å². The molecule has 0 unspecified atom stereocenters. The smallest absolute Gasteiger partial charge is 0.156 e. The van der Waals surface area contributed by atoms with Gasteiger partial charge in [0.25, 0.3) is 0 Å². The van der Waals surface area contributed by atoms with Crippen LogP contribution >= 0.6 is 0 Å². The highest BCUT2D eigenvalue weighted by atomic mass is 16.1. The van der Waals surface area contributed by atoms with E-state index in [1.807, 2.05) is 6.08 Å². The lowest BCUT2D eigenvalue weighted by molar-refractivity contribution is -0.125. The number of Topliss-reactive ketones (excluding diaryl/α,β-unsaturated/α-hetero) is 1. The van der Waals surface area contributed by atoms with E-state index in [0.717, 1.165) is 31.3 Å². The zero-order chi connectivity index (χ0) is 18.1. The molecule has 134 valence electrons. The monoisotopic (exact) mass is 338 g/mol. The fraction of sp³-hybridized carbons (Fsp3) is 0.652. The molecular formula is C23H30O2. The standard InChI is InChI=1S/C23H30O2/c1-13-10-17-18(22(4)8-6-16(25)12-19(13)22)7-9-23(5)20(17)11-14(2)21(23)15(3)24/h10,12,17-18,20-21H,2,6-9,11H2,1,3-5H3/t17-,18+,20+,21-,22-,23+/m1/s1. The number of rotatable bonds is 1. The Morgan fingerprint density at radius 1 is 1.24 bits per heavy atom. The summed E-state index contributed by atoms with van der Waals surface area (Å²) in [7, 11) is 0. The molecule has 6 atom stereocenters. The van der Waals surface area contributed by atoms with Gasteiger partial charge < -0.3 is 0 Å². The molecule has 4 aliphatic carbocycles. The van der Waals surface area contributed by atoms with Crippen LogP contribution in [0, 0.1) is 34.5 Å². The maximum atomic E-state index is 12.3. The van der Waals surface area contributed by atoms with E-state index < -0.39 is 0 Å². The summed E-state index contributed by atoms with van der Waals surface area (Å²) in [5.74, 6) is 2.22. The van der Waals surface area contributed by atoms with Gasteiger partial charge in [-0.3, -0.25) is 9.59 Å². The molecule has 2 nitrogen and oxygen atoms in total. The third kappa shape index (κ3) is 2.15. The molecule has 4 aliphatic rings. The lowest BCUT2D eigenvalue weighted by Gasteiger charge is -2.56. The predicted molar refractivity (Wildman–Crippen MR) is 99.9 cm³/mol. The third-order valence-electron chi connectivity index (χ3n) is 8.22. The van der Waals surface area contributed by atoms with Crippen molar-refractivity contribution >= 4 is 11.6 Å². The highest BCUT2D eigenvalue weighted by Gasteiger charge is 2.60. The summed E-state index contributed by atoms with van der Waals surface area (Å²) in [6.07, 6.45) is 9.26. The molecule has 0 saturated heterocycles. The molecule has 0 bridgehead atoms. The van der Waals surface area contributed by atoms with Gasteiger partial charge in [-0.05, 0) is 79.8 Å². The van der Waals surface area contributed by atoms with Crippen LogP contribution in [-0.4, -0.2) is 11.6 Å². The first-order chi connectivity index (χ1) is 11.7. The number of hydrogen-bond donors (Lipinski definition) is 0. The first-order valence-corrected chi connectivity index (χ1v) is 9.80. The second-order valence-electron chi connectivity index (χ2n) is 9.53. The van der Waals surface area contributed by atoms with E-state index in [1.165, 1.54) is 11.1 Å². The molecule has 2 fully saturated rings. The van der Waals surface area contributed by atoms with Crippen molar-refractivity contribution in [3.8, 4) is 0 Å². The van der Waals surface area contributed by atoms with Gasteiger partial charge in [0.2, 0.25) is 0 Å². The van der Waals surface area contributed by atoms with Crippen molar-refractivity contribution in [2.24, 2.45) is 34.5 Å². The second kappa shape index (κ2) is 5.28. The first kappa shape index (κ1) is 17.0. The van der Waals surface area contributed by atoms with Crippen molar-refractivity contribution < 1.29 is 9.59 Å². The Labute approximate surface area is 151 Å². The number of carbonyl (C=O) groups excluding carboxylic acids is 2. The number of hydrogen-bond acceptors (Lipinski definition) is 2. The molecule has 0 heterocycles. The molecule has 2 heteroatoms. The Bertz CT molecular complexity index is 739. The summed E-state index contributed by atoms with van der Waals surface area (Å²) < 4.78 is 0. The maximum Gasteiger partial charge on any atom is 0.156 e. The summed E-state index contributed by atoms with van der Waals surface area (Å²) in [6, 6.07) is 0. The second-order valence-corrected chi connectivity index (χ2v) is 9.53. The van der Waals surface area contributed by atoms with Gasteiger partial charge in [-0.15, -0.1) is 0 Å². The van der Waals surface area contributed by atoms with Crippen molar-refractivity contribution in [2.45, 2.75) is 59.8 Å². The van der Waals surface area contributed by atoms with E-state index in [4.69, 9.17) is 0 Å². The van der Waals surface area contributed by atoms with Crippen LogP contribution in [0.4, 0.5) is 0 Å². The van der Waals surface area contributed by atoms with Crippen molar-refractivity contribution in [3.05, 3.63) is 35.5 Å². The highest BCUT2D eigenvalue weighted by molar-refractivity contribution is 5.92. The maximum absolute atomic E-state index is 12.3. The third-order valence-corrected chi connectivity index (χ3v) is 8.22. The van der Waals surface area contributed by atoms with Crippen molar-refractivity contribution in [1.29, 1.82) is 0 Å². The molecule has 2 saturated carbocycles. The van der Waals surface area contributed by atoms with Gasteiger partial charge in [-0.25, -0.2) is 0 Å². The molecule has 4 rings (SSSR count). The summed E-state index contributed by atoms with van der Waals surface area (Å²) >= 11 is 0. The number of carbonyl (C=O) groups is 2. The van der Waals surface area contributed by atoms with E-state index >= 15 is 0 Å². The summed E-state index contributed by atoms with van der Waals surface area (Å²) in [5, 5.41) is 0. The normalized spacial score (nSPS) is 45.9. The largest absolute Gasteiger partial charge is 0.299 e. The van der Waals surface area contributed by atoms with Gasteiger partial charge in [0.15, 0.2) is 5.78 Å². The van der Waals surface area contributed by atoms with Crippen LogP contribution in [0.15, 0.2) is 35.5 Å². The molecule has 0 spiro atoms. The summed E-state index contributed by atoms with van der Waals surface area (Å²) in [5.41, 5.74) is 3.90. The van der Waals surface area contributed by atoms with Crippen molar-refractivity contribution in [2.75, 3.05) is 0 Å². The average Bonchev–Trinajstić information content (AvgIpc) is 2.80. The lowest BCUT2D eigenvalue weighted by atomic mass is 9.47. The van der Waals surface area contributed by atoms with Crippen LogP contribution in [0.3, 0.4) is 0 Å². The SMILES string of the molecule is C=C1C[C@H]2[C@@H]3C=C(C)C4=CC(=O)CC[C@]4(C)[C@H]3CC[C@]2(C)[C@H]1C(C)=O. The van der Waals surface area contributed by atoms with Crippen LogP contribution in [0.2, 0.25) is 0 Å². The Morgan fingerprint density at radius 3 is 2.64 bits per heavy atom. The van der Waals surface area contributed by atoms with Gasteiger partial charge in [-0.1, -0.05) is 37.6 Å². The molecular weight excluding hydrogens is 308 g/mol. The van der Waals surface area contributed by atoms with Crippen LogP contribution in [0.1, 0.15) is 59.8 Å². The lowest BCUT2D eigenvalue weighted by Crippen LogP contribution is -2.50. The molecule has 0 aromatic carbocycles. The Hall–Kier alpha value is -1.44. The number of ketones is 2. The Balaban J connectivity index is 1.80. The fourth-order valence-corrected chi connectivity index (χ4v) is 7.13. The van der Waals surface area contributed by atoms with Crippen LogP contribution in [0.5, 0.6) is 0 Å². The topological polar surface area (TPSA) is 34.1 Å².